The summed E-state index contributed by atoms with van der Waals surface area (Å²) in [6, 6.07) is 18.7. The van der Waals surface area contributed by atoms with Gasteiger partial charge in [-0.05, 0) is 79.7 Å². The lowest BCUT2D eigenvalue weighted by Gasteiger charge is -2.13. The van der Waals surface area contributed by atoms with E-state index in [0.717, 1.165) is 50.2 Å². The molecule has 3 heterocycles. The van der Waals surface area contributed by atoms with Gasteiger partial charge in [0.05, 0.1) is 21.1 Å². The highest BCUT2D eigenvalue weighted by Crippen LogP contribution is 2.34. The Labute approximate surface area is 216 Å². The number of carbonyl (C=O) groups is 3. The number of para-hydroxylation sites is 1. The van der Waals surface area contributed by atoms with Gasteiger partial charge in [-0.3, -0.25) is 24.3 Å². The smallest absolute Gasteiger partial charge is 0.294 e. The van der Waals surface area contributed by atoms with Gasteiger partial charge in [0, 0.05) is 28.7 Å². The van der Waals surface area contributed by atoms with Gasteiger partial charge in [-0.2, -0.15) is 0 Å². The van der Waals surface area contributed by atoms with E-state index in [4.69, 9.17) is 11.6 Å². The van der Waals surface area contributed by atoms with Gasteiger partial charge in [-0.1, -0.05) is 29.8 Å². The van der Waals surface area contributed by atoms with E-state index in [9.17, 15) is 14.4 Å². The predicted molar refractivity (Wildman–Crippen MR) is 143 cm³/mol. The van der Waals surface area contributed by atoms with Crippen LogP contribution in [0.2, 0.25) is 5.02 Å². The molecule has 0 bridgehead atoms. The number of fused-ring (bicyclic) bond motifs is 1. The van der Waals surface area contributed by atoms with Crippen molar-refractivity contribution in [2.75, 3.05) is 11.9 Å². The maximum atomic E-state index is 13.0. The Bertz CT molecular complexity index is 1580. The fourth-order valence-corrected chi connectivity index (χ4v) is 5.22. The van der Waals surface area contributed by atoms with E-state index in [1.54, 1.807) is 36.5 Å². The number of nitrogens with zero attached hydrogens (tertiary/aromatic N) is 3. The molecule has 1 aliphatic rings. The summed E-state index contributed by atoms with van der Waals surface area (Å²) in [6.45, 7) is 3.56. The van der Waals surface area contributed by atoms with Crippen LogP contribution in [0.4, 0.5) is 10.5 Å². The summed E-state index contributed by atoms with van der Waals surface area (Å²) in [4.78, 5) is 43.6. The van der Waals surface area contributed by atoms with Gasteiger partial charge in [-0.25, -0.2) is 0 Å². The first-order valence-electron chi connectivity index (χ1n) is 11.2. The molecule has 9 heteroatoms. The Morgan fingerprint density at radius 2 is 1.89 bits per heavy atom. The molecule has 4 aromatic rings. The lowest BCUT2D eigenvalue weighted by molar-refractivity contribution is -0.127. The number of aryl methyl sites for hydroxylation is 1. The van der Waals surface area contributed by atoms with Crippen molar-refractivity contribution in [3.05, 3.63) is 93.7 Å². The second-order valence-electron chi connectivity index (χ2n) is 8.34. The van der Waals surface area contributed by atoms with Gasteiger partial charge < -0.3 is 9.88 Å². The van der Waals surface area contributed by atoms with Crippen LogP contribution < -0.4 is 5.32 Å². The van der Waals surface area contributed by atoms with E-state index in [1.165, 1.54) is 0 Å². The van der Waals surface area contributed by atoms with Crippen LogP contribution >= 0.6 is 23.4 Å². The Hall–Kier alpha value is -3.88. The first kappa shape index (κ1) is 23.8. The number of imide groups is 1. The zero-order valence-electron chi connectivity index (χ0n) is 19.5. The van der Waals surface area contributed by atoms with E-state index in [0.29, 0.717) is 10.7 Å². The number of benzene rings is 2. The van der Waals surface area contributed by atoms with Gasteiger partial charge in [-0.15, -0.1) is 0 Å². The Balaban J connectivity index is 1.38. The van der Waals surface area contributed by atoms with Crippen LogP contribution in [-0.2, 0) is 9.59 Å². The molecule has 2 aromatic heterocycles. The number of aromatic nitrogens is 2. The van der Waals surface area contributed by atoms with Crippen LogP contribution in [0.15, 0.2) is 71.8 Å². The zero-order chi connectivity index (χ0) is 25.4. The molecule has 7 nitrogen and oxygen atoms in total. The third kappa shape index (κ3) is 4.53. The normalized spacial score (nSPS) is 14.8. The van der Waals surface area contributed by atoms with E-state index in [-0.39, 0.29) is 4.91 Å². The number of thioether (sulfide) groups is 1. The fraction of sp³-hybridized carbons (Fsp3) is 0.111. The number of hydrogen-bond donors (Lipinski definition) is 1. The van der Waals surface area contributed by atoms with Gasteiger partial charge in [0.25, 0.3) is 11.1 Å². The number of halogens is 1. The van der Waals surface area contributed by atoms with Crippen LogP contribution in [0.3, 0.4) is 0 Å². The van der Waals surface area contributed by atoms with Crippen molar-refractivity contribution < 1.29 is 14.4 Å². The van der Waals surface area contributed by atoms with Gasteiger partial charge in [0.2, 0.25) is 5.91 Å². The predicted octanol–water partition coefficient (Wildman–Crippen LogP) is 5.97. The minimum atomic E-state index is -0.504. The molecule has 36 heavy (non-hydrogen) atoms. The molecular formula is C27H21ClN4O3S. The topological polar surface area (TPSA) is 84.3 Å². The molecule has 3 amide bonds. The highest BCUT2D eigenvalue weighted by Gasteiger charge is 2.36. The summed E-state index contributed by atoms with van der Waals surface area (Å²) in [6.07, 6.45) is 3.47. The standard InChI is InChI=1S/C27H21ClN4O3S/c1-16-12-19(17(2)32(16)20-9-10-22-18(13-20)6-5-11-29-22)14-24-26(34)31(27(35)36-24)15-25(33)30-23-8-4-3-7-21(23)28/h3-14H,15H2,1-2H3,(H,30,33)/b24-14+. The maximum absolute atomic E-state index is 13.0. The number of hydrogen-bond acceptors (Lipinski definition) is 5. The molecule has 1 saturated heterocycles. The molecule has 0 atom stereocenters. The number of amides is 3. The first-order valence-corrected chi connectivity index (χ1v) is 12.3. The molecule has 1 aliphatic heterocycles. The molecule has 0 saturated carbocycles. The van der Waals surface area contributed by atoms with Crippen molar-refractivity contribution in [3.8, 4) is 5.69 Å². The molecule has 2 aromatic carbocycles. The molecule has 0 aliphatic carbocycles. The monoisotopic (exact) mass is 516 g/mol. The number of rotatable bonds is 5. The number of carbonyl (C=O) groups excluding carboxylic acids is 3. The van der Waals surface area contributed by atoms with Crippen LogP contribution in [0.1, 0.15) is 17.0 Å². The first-order chi connectivity index (χ1) is 17.3. The second-order valence-corrected chi connectivity index (χ2v) is 9.74. The third-order valence-corrected chi connectivity index (χ3v) is 7.16. The van der Waals surface area contributed by atoms with Crippen LogP contribution in [0.25, 0.3) is 22.7 Å². The summed E-state index contributed by atoms with van der Waals surface area (Å²) in [5.41, 5.74) is 5.05. The van der Waals surface area contributed by atoms with Crippen molar-refractivity contribution in [1.29, 1.82) is 0 Å². The van der Waals surface area contributed by atoms with E-state index >= 15 is 0 Å². The van der Waals surface area contributed by atoms with Gasteiger partial charge in [0.1, 0.15) is 6.54 Å². The van der Waals surface area contributed by atoms with E-state index in [2.05, 4.69) is 20.9 Å². The fourth-order valence-electron chi connectivity index (χ4n) is 4.21. The lowest BCUT2D eigenvalue weighted by Crippen LogP contribution is -2.36. The number of pyridine rings is 1. The SMILES string of the molecule is Cc1cc(/C=C2/SC(=O)N(CC(=O)Nc3ccccc3Cl)C2=O)c(C)n1-c1ccc2ncccc2c1. The lowest BCUT2D eigenvalue weighted by atomic mass is 10.2. The van der Waals surface area contributed by atoms with Crippen molar-refractivity contribution in [3.63, 3.8) is 0 Å². The van der Waals surface area contributed by atoms with Gasteiger partial charge >= 0.3 is 0 Å². The number of nitrogens with one attached hydrogen (secondary N) is 1. The molecule has 180 valence electrons. The second kappa shape index (κ2) is 9.64. The molecule has 1 N–H and O–H groups in total. The van der Waals surface area contributed by atoms with Crippen molar-refractivity contribution in [2.45, 2.75) is 13.8 Å². The summed E-state index contributed by atoms with van der Waals surface area (Å²) in [5, 5.41) is 3.55. The van der Waals surface area contributed by atoms with E-state index < -0.39 is 23.6 Å². The molecule has 5 rings (SSSR count). The molecule has 0 unspecified atom stereocenters. The number of anilines is 1. The highest BCUT2D eigenvalue weighted by molar-refractivity contribution is 8.18. The zero-order valence-corrected chi connectivity index (χ0v) is 21.1. The van der Waals surface area contributed by atoms with Crippen LogP contribution in [-0.4, -0.2) is 38.0 Å². The minimum absolute atomic E-state index is 0.272. The Morgan fingerprint density at radius 3 is 2.69 bits per heavy atom. The van der Waals surface area contributed by atoms with E-state index in [1.807, 2.05) is 44.2 Å². The van der Waals surface area contributed by atoms with Gasteiger partial charge in [0.15, 0.2) is 0 Å². The van der Waals surface area contributed by atoms with Crippen LogP contribution in [0.5, 0.6) is 0 Å². The van der Waals surface area contributed by atoms with Crippen molar-refractivity contribution in [1.82, 2.24) is 14.5 Å². The Morgan fingerprint density at radius 1 is 1.08 bits per heavy atom. The third-order valence-electron chi connectivity index (χ3n) is 5.92. The largest absolute Gasteiger partial charge is 0.323 e. The van der Waals surface area contributed by atoms with Crippen molar-refractivity contribution >= 4 is 63.1 Å². The maximum Gasteiger partial charge on any atom is 0.294 e. The Kier molecular flexibility index (Phi) is 6.38. The van der Waals surface area contributed by atoms with Crippen molar-refractivity contribution in [2.24, 2.45) is 0 Å². The molecular weight excluding hydrogens is 496 g/mol. The average Bonchev–Trinajstić information content (AvgIpc) is 3.29. The minimum Gasteiger partial charge on any atom is -0.323 e. The van der Waals surface area contributed by atoms with Crippen LogP contribution in [0, 0.1) is 13.8 Å². The summed E-state index contributed by atoms with van der Waals surface area (Å²) < 4.78 is 2.10. The molecule has 0 spiro atoms. The highest BCUT2D eigenvalue weighted by atomic mass is 35.5. The molecule has 1 fully saturated rings. The summed E-state index contributed by atoms with van der Waals surface area (Å²) in [7, 11) is 0. The summed E-state index contributed by atoms with van der Waals surface area (Å²) in [5.74, 6) is -1.00. The summed E-state index contributed by atoms with van der Waals surface area (Å²) >= 11 is 6.90. The molecule has 0 radical (unpaired) electrons. The average molecular weight is 517 g/mol. The quantitative estimate of drug-likeness (QED) is 0.330.